The summed E-state index contributed by atoms with van der Waals surface area (Å²) in [5.74, 6) is 2.54. The van der Waals surface area contributed by atoms with E-state index in [0.29, 0.717) is 6.04 Å². The lowest BCUT2D eigenvalue weighted by molar-refractivity contribution is 0.0926. The Balaban J connectivity index is 1.20. The number of anilines is 2. The summed E-state index contributed by atoms with van der Waals surface area (Å²) in [6.45, 7) is 1.92. The van der Waals surface area contributed by atoms with E-state index in [-0.39, 0.29) is 11.9 Å². The summed E-state index contributed by atoms with van der Waals surface area (Å²) >= 11 is 0. The lowest BCUT2D eigenvalue weighted by Gasteiger charge is -2.30. The molecule has 0 spiro atoms. The molecule has 0 radical (unpaired) electrons. The highest BCUT2D eigenvalue weighted by Crippen LogP contribution is 2.25. The normalized spacial score (nSPS) is 18.1. The average Bonchev–Trinajstić information content (AvgIpc) is 2.83. The number of aryl methyl sites for hydroxylation is 1. The van der Waals surface area contributed by atoms with Crippen molar-refractivity contribution in [2.75, 3.05) is 24.3 Å². The molecule has 1 saturated carbocycles. The topological polar surface area (TPSA) is 70.2 Å². The molecule has 1 fully saturated rings. The summed E-state index contributed by atoms with van der Waals surface area (Å²) in [4.78, 5) is 24.0. The zero-order valence-electron chi connectivity index (χ0n) is 20.0. The maximum Gasteiger partial charge on any atom is 0.251 e. The Labute approximate surface area is 200 Å². The summed E-state index contributed by atoms with van der Waals surface area (Å²) in [6.07, 6.45) is 3.89. The highest BCUT2D eigenvalue weighted by atomic mass is 16.1. The largest absolute Gasteiger partial charge is 0.367 e. The van der Waals surface area contributed by atoms with E-state index >= 15 is 0 Å². The van der Waals surface area contributed by atoms with E-state index in [9.17, 15) is 4.79 Å². The van der Waals surface area contributed by atoms with Gasteiger partial charge in [0.25, 0.3) is 5.91 Å². The fourth-order valence-corrected chi connectivity index (χ4v) is 4.80. The number of benzene rings is 3. The maximum atomic E-state index is 13.0. The van der Waals surface area contributed by atoms with Crippen LogP contribution in [-0.2, 0) is 0 Å². The van der Waals surface area contributed by atoms with Crippen LogP contribution in [-0.4, -0.2) is 42.1 Å². The van der Waals surface area contributed by atoms with Crippen molar-refractivity contribution < 1.29 is 4.79 Å². The fraction of sp³-hybridized carbons (Fsp3) is 0.321. The van der Waals surface area contributed by atoms with Crippen LogP contribution in [0.3, 0.4) is 0 Å². The van der Waals surface area contributed by atoms with E-state index in [0.717, 1.165) is 59.5 Å². The molecular weight excluding hydrogens is 422 g/mol. The second-order valence-corrected chi connectivity index (χ2v) is 9.48. The van der Waals surface area contributed by atoms with Gasteiger partial charge in [-0.1, -0.05) is 30.3 Å². The second kappa shape index (κ2) is 9.29. The summed E-state index contributed by atoms with van der Waals surface area (Å²) < 4.78 is 0. The Bertz CT molecular complexity index is 1340. The molecule has 1 aliphatic carbocycles. The molecule has 174 valence electrons. The molecule has 5 rings (SSSR count). The van der Waals surface area contributed by atoms with Crippen LogP contribution in [0.25, 0.3) is 21.5 Å². The number of rotatable bonds is 5. The molecule has 34 heavy (non-hydrogen) atoms. The molecule has 2 N–H and O–H groups in total. The predicted molar refractivity (Wildman–Crippen MR) is 140 cm³/mol. The van der Waals surface area contributed by atoms with E-state index in [1.165, 1.54) is 10.8 Å². The van der Waals surface area contributed by atoms with Crippen LogP contribution in [0.1, 0.15) is 41.9 Å². The highest BCUT2D eigenvalue weighted by molar-refractivity contribution is 6.03. The standard InChI is InChI=1S/C28H31N5O/c1-18-29-26(17-27(30-18)33(2)3)31-24-10-12-25(13-11-24)32-28(34)22-9-8-21-14-19-6-4-5-7-20(19)15-23(21)16-22/h4-9,14-17,24-25H,10-13H2,1-3H3,(H,32,34)(H,29,30,31). The molecule has 6 nitrogen and oxygen atoms in total. The number of carbonyl (C=O) groups is 1. The van der Waals surface area contributed by atoms with Gasteiger partial charge in [0.2, 0.25) is 0 Å². The van der Waals surface area contributed by atoms with Gasteiger partial charge < -0.3 is 15.5 Å². The Morgan fingerprint density at radius 2 is 1.47 bits per heavy atom. The first-order chi connectivity index (χ1) is 16.4. The zero-order valence-corrected chi connectivity index (χ0v) is 20.0. The van der Waals surface area contributed by atoms with Gasteiger partial charge in [-0.2, -0.15) is 0 Å². The van der Waals surface area contributed by atoms with Crippen LogP contribution in [0.5, 0.6) is 0 Å². The third kappa shape index (κ3) is 4.81. The van der Waals surface area contributed by atoms with Gasteiger partial charge in [0.1, 0.15) is 17.5 Å². The molecule has 0 saturated heterocycles. The van der Waals surface area contributed by atoms with Crippen LogP contribution >= 0.6 is 0 Å². The molecule has 4 aromatic rings. The van der Waals surface area contributed by atoms with Crippen molar-refractivity contribution >= 4 is 39.1 Å². The van der Waals surface area contributed by atoms with Crippen LogP contribution in [0, 0.1) is 6.92 Å². The Morgan fingerprint density at radius 3 is 2.18 bits per heavy atom. The molecule has 6 heteroatoms. The van der Waals surface area contributed by atoms with E-state index in [2.05, 4.69) is 50.9 Å². The first-order valence-electron chi connectivity index (χ1n) is 12.0. The number of carbonyl (C=O) groups excluding carboxylic acids is 1. The van der Waals surface area contributed by atoms with Crippen molar-refractivity contribution in [1.29, 1.82) is 0 Å². The summed E-state index contributed by atoms with van der Waals surface area (Å²) in [5, 5.41) is 11.5. The first-order valence-corrected chi connectivity index (χ1v) is 12.0. The third-order valence-corrected chi connectivity index (χ3v) is 6.66. The lowest BCUT2D eigenvalue weighted by Crippen LogP contribution is -2.40. The summed E-state index contributed by atoms with van der Waals surface area (Å²) in [6, 6.07) is 21.2. The van der Waals surface area contributed by atoms with Gasteiger partial charge in [-0.05, 0) is 78.4 Å². The van der Waals surface area contributed by atoms with Crippen LogP contribution in [0.15, 0.2) is 60.7 Å². The molecule has 3 aromatic carbocycles. The number of fused-ring (bicyclic) bond motifs is 2. The van der Waals surface area contributed by atoms with Gasteiger partial charge in [0.15, 0.2) is 0 Å². The molecule has 0 atom stereocenters. The van der Waals surface area contributed by atoms with Crippen molar-refractivity contribution in [3.63, 3.8) is 0 Å². The molecule has 1 aromatic heterocycles. The number of amides is 1. The van der Waals surface area contributed by atoms with Gasteiger partial charge in [-0.15, -0.1) is 0 Å². The van der Waals surface area contributed by atoms with Crippen LogP contribution in [0.2, 0.25) is 0 Å². The molecular formula is C28H31N5O. The number of aromatic nitrogens is 2. The summed E-state index contributed by atoms with van der Waals surface area (Å²) in [7, 11) is 3.97. The Hall–Kier alpha value is -3.67. The Morgan fingerprint density at radius 1 is 0.824 bits per heavy atom. The Kier molecular flexibility index (Phi) is 6.05. The first kappa shape index (κ1) is 22.1. The third-order valence-electron chi connectivity index (χ3n) is 6.66. The predicted octanol–water partition coefficient (Wildman–Crippen LogP) is 5.31. The van der Waals surface area contributed by atoms with Gasteiger partial charge in [-0.3, -0.25) is 4.79 Å². The van der Waals surface area contributed by atoms with E-state index in [4.69, 9.17) is 0 Å². The van der Waals surface area contributed by atoms with Crippen molar-refractivity contribution in [2.45, 2.75) is 44.7 Å². The lowest BCUT2D eigenvalue weighted by atomic mass is 9.91. The van der Waals surface area contributed by atoms with E-state index in [1.807, 2.05) is 56.3 Å². The minimum atomic E-state index is 0.00789. The average molecular weight is 454 g/mol. The van der Waals surface area contributed by atoms with Crippen LogP contribution in [0.4, 0.5) is 11.6 Å². The van der Waals surface area contributed by atoms with Crippen molar-refractivity contribution in [1.82, 2.24) is 15.3 Å². The van der Waals surface area contributed by atoms with Gasteiger partial charge in [0.05, 0.1) is 0 Å². The smallest absolute Gasteiger partial charge is 0.251 e. The molecule has 0 aliphatic heterocycles. The van der Waals surface area contributed by atoms with Crippen molar-refractivity contribution in [2.24, 2.45) is 0 Å². The quantitative estimate of drug-likeness (QED) is 0.401. The minimum Gasteiger partial charge on any atom is -0.367 e. The maximum absolute atomic E-state index is 13.0. The van der Waals surface area contributed by atoms with Gasteiger partial charge >= 0.3 is 0 Å². The fourth-order valence-electron chi connectivity index (χ4n) is 4.80. The molecule has 1 aliphatic rings. The van der Waals surface area contributed by atoms with Gasteiger partial charge in [0, 0.05) is 37.8 Å². The number of nitrogens with one attached hydrogen (secondary N) is 2. The second-order valence-electron chi connectivity index (χ2n) is 9.48. The number of nitrogens with zero attached hydrogens (tertiary/aromatic N) is 3. The van der Waals surface area contributed by atoms with E-state index < -0.39 is 0 Å². The zero-order chi connectivity index (χ0) is 23.7. The highest BCUT2D eigenvalue weighted by Gasteiger charge is 2.23. The number of hydrogen-bond acceptors (Lipinski definition) is 5. The van der Waals surface area contributed by atoms with Gasteiger partial charge in [-0.25, -0.2) is 9.97 Å². The van der Waals surface area contributed by atoms with E-state index in [1.54, 1.807) is 0 Å². The van der Waals surface area contributed by atoms with Crippen molar-refractivity contribution in [3.8, 4) is 0 Å². The molecule has 1 heterocycles. The molecule has 0 bridgehead atoms. The van der Waals surface area contributed by atoms with Crippen molar-refractivity contribution in [3.05, 3.63) is 72.1 Å². The molecule has 1 amide bonds. The molecule has 0 unspecified atom stereocenters. The summed E-state index contributed by atoms with van der Waals surface area (Å²) in [5.41, 5.74) is 0.718. The minimum absolute atomic E-state index is 0.00789. The van der Waals surface area contributed by atoms with Crippen LogP contribution < -0.4 is 15.5 Å². The number of hydrogen-bond donors (Lipinski definition) is 2. The SMILES string of the molecule is Cc1nc(NC2CCC(NC(=O)c3ccc4cc5ccccc5cc4c3)CC2)cc(N(C)C)n1. The monoisotopic (exact) mass is 453 g/mol.